The Morgan fingerprint density at radius 3 is 2.23 bits per heavy atom. The molecule has 1 fully saturated rings. The largest absolute Gasteiger partial charge is 0.493 e. The number of likely N-dealkylation sites (N-methyl/N-ethyl adjacent to an activating group) is 1. The van der Waals surface area contributed by atoms with Gasteiger partial charge < -0.3 is 25.2 Å². The molecule has 0 aliphatic carbocycles. The number of guanidine groups is 1. The van der Waals surface area contributed by atoms with Gasteiger partial charge in [0.05, 0.1) is 12.6 Å². The Hall–Kier alpha value is -1.79. The van der Waals surface area contributed by atoms with E-state index in [0.29, 0.717) is 11.8 Å². The van der Waals surface area contributed by atoms with Crippen LogP contribution in [-0.4, -0.2) is 74.7 Å². The number of nitrogens with one attached hydrogen (secondary N) is 2. The van der Waals surface area contributed by atoms with E-state index in [4.69, 9.17) is 9.73 Å². The highest BCUT2D eigenvalue weighted by Gasteiger charge is 2.17. The van der Waals surface area contributed by atoms with Crippen LogP contribution in [0.2, 0.25) is 0 Å². The molecule has 1 heterocycles. The number of benzene rings is 1. The molecule has 2 rings (SSSR count). The molecule has 2 atom stereocenters. The van der Waals surface area contributed by atoms with Crippen molar-refractivity contribution in [2.75, 3.05) is 59.0 Å². The molecule has 1 aliphatic heterocycles. The van der Waals surface area contributed by atoms with Crippen LogP contribution >= 0.6 is 0 Å². The third-order valence-electron chi connectivity index (χ3n) is 5.70. The molecule has 2 unspecified atom stereocenters. The number of piperazine rings is 1. The van der Waals surface area contributed by atoms with Crippen LogP contribution in [0.3, 0.4) is 0 Å². The number of hydrogen-bond donors (Lipinski definition) is 2. The van der Waals surface area contributed by atoms with Gasteiger partial charge in [-0.25, -0.2) is 0 Å². The normalized spacial score (nSPS) is 18.1. The van der Waals surface area contributed by atoms with Crippen molar-refractivity contribution >= 4 is 5.96 Å². The first kappa shape index (κ1) is 25.5. The number of aliphatic imine (C=N–C) groups is 1. The lowest BCUT2D eigenvalue weighted by molar-refractivity contribution is 0.125. The third kappa shape index (κ3) is 9.48. The van der Waals surface area contributed by atoms with Gasteiger partial charge in [-0.1, -0.05) is 39.8 Å². The van der Waals surface area contributed by atoms with Crippen molar-refractivity contribution in [2.24, 2.45) is 16.8 Å². The van der Waals surface area contributed by atoms with Crippen LogP contribution in [0.15, 0.2) is 29.3 Å². The van der Waals surface area contributed by atoms with Crippen molar-refractivity contribution in [3.05, 3.63) is 29.8 Å². The molecule has 0 aromatic heterocycles. The summed E-state index contributed by atoms with van der Waals surface area (Å²) >= 11 is 0. The van der Waals surface area contributed by atoms with Gasteiger partial charge in [-0.3, -0.25) is 4.99 Å². The van der Waals surface area contributed by atoms with E-state index in [2.05, 4.69) is 86.2 Å². The maximum Gasteiger partial charge on any atom is 0.191 e. The lowest BCUT2D eigenvalue weighted by Crippen LogP contribution is -2.47. The van der Waals surface area contributed by atoms with Crippen LogP contribution in [0.25, 0.3) is 0 Å². The summed E-state index contributed by atoms with van der Waals surface area (Å²) in [4.78, 5) is 9.98. The Balaban J connectivity index is 1.84. The minimum absolute atomic E-state index is 0.175. The number of rotatable bonds is 11. The second-order valence-electron chi connectivity index (χ2n) is 9.20. The van der Waals surface area contributed by atoms with Crippen molar-refractivity contribution < 1.29 is 4.74 Å². The molecule has 2 N–H and O–H groups in total. The van der Waals surface area contributed by atoms with Crippen molar-refractivity contribution in [1.29, 1.82) is 0 Å². The molecule has 1 aromatic carbocycles. The first-order chi connectivity index (χ1) is 14.9. The van der Waals surface area contributed by atoms with Crippen LogP contribution in [0, 0.1) is 11.8 Å². The van der Waals surface area contributed by atoms with Gasteiger partial charge in [0, 0.05) is 45.8 Å². The second kappa shape index (κ2) is 13.6. The molecule has 0 amide bonds. The van der Waals surface area contributed by atoms with Gasteiger partial charge in [0.15, 0.2) is 5.96 Å². The highest BCUT2D eigenvalue weighted by molar-refractivity contribution is 5.80. The fourth-order valence-corrected chi connectivity index (χ4v) is 3.76. The average Bonchev–Trinajstić information content (AvgIpc) is 2.77. The third-order valence-corrected chi connectivity index (χ3v) is 5.70. The van der Waals surface area contributed by atoms with Gasteiger partial charge in [-0.15, -0.1) is 0 Å². The molecule has 1 aromatic rings. The molecular formula is C25H45N5O. The van der Waals surface area contributed by atoms with Crippen LogP contribution in [0.4, 0.5) is 0 Å². The standard InChI is InChI=1S/C25H45N5O/c1-7-26-25(27-17-21(5)18-30-15-13-29(8-2)14-16-30)28-22(6)23-9-11-24(12-10-23)31-19-20(3)4/h9-12,20-22H,7-8,13-19H2,1-6H3,(H2,26,27,28). The van der Waals surface area contributed by atoms with E-state index in [-0.39, 0.29) is 6.04 Å². The maximum atomic E-state index is 5.80. The first-order valence-electron chi connectivity index (χ1n) is 12.1. The Morgan fingerprint density at radius 1 is 1.00 bits per heavy atom. The van der Waals surface area contributed by atoms with Gasteiger partial charge in [0.25, 0.3) is 0 Å². The minimum Gasteiger partial charge on any atom is -0.493 e. The van der Waals surface area contributed by atoms with Gasteiger partial charge >= 0.3 is 0 Å². The molecule has 31 heavy (non-hydrogen) atoms. The van der Waals surface area contributed by atoms with E-state index in [1.54, 1.807) is 0 Å². The highest BCUT2D eigenvalue weighted by Crippen LogP contribution is 2.18. The first-order valence-corrected chi connectivity index (χ1v) is 12.1. The molecular weight excluding hydrogens is 386 g/mol. The molecule has 0 bridgehead atoms. The van der Waals surface area contributed by atoms with E-state index in [1.807, 2.05) is 0 Å². The summed E-state index contributed by atoms with van der Waals surface area (Å²) < 4.78 is 5.80. The summed E-state index contributed by atoms with van der Waals surface area (Å²) in [7, 11) is 0. The molecule has 6 nitrogen and oxygen atoms in total. The van der Waals surface area contributed by atoms with Crippen molar-refractivity contribution in [3.8, 4) is 5.75 Å². The molecule has 0 saturated carbocycles. The fourth-order valence-electron chi connectivity index (χ4n) is 3.76. The van der Waals surface area contributed by atoms with Gasteiger partial charge in [0.1, 0.15) is 5.75 Å². The minimum atomic E-state index is 0.175. The molecule has 176 valence electrons. The van der Waals surface area contributed by atoms with Crippen molar-refractivity contribution in [2.45, 2.75) is 47.6 Å². The zero-order chi connectivity index (χ0) is 22.6. The summed E-state index contributed by atoms with van der Waals surface area (Å²) in [5.74, 6) is 2.88. The van der Waals surface area contributed by atoms with E-state index in [1.165, 1.54) is 31.7 Å². The van der Waals surface area contributed by atoms with Crippen molar-refractivity contribution in [3.63, 3.8) is 0 Å². The Labute approximate surface area is 190 Å². The lowest BCUT2D eigenvalue weighted by atomic mass is 10.1. The number of ether oxygens (including phenoxy) is 1. The van der Waals surface area contributed by atoms with Crippen LogP contribution < -0.4 is 15.4 Å². The second-order valence-corrected chi connectivity index (χ2v) is 9.20. The zero-order valence-corrected chi connectivity index (χ0v) is 20.7. The van der Waals surface area contributed by atoms with Crippen LogP contribution in [-0.2, 0) is 0 Å². The van der Waals surface area contributed by atoms with E-state index in [9.17, 15) is 0 Å². The van der Waals surface area contributed by atoms with E-state index >= 15 is 0 Å². The lowest BCUT2D eigenvalue weighted by Gasteiger charge is -2.35. The summed E-state index contributed by atoms with van der Waals surface area (Å²) in [5.41, 5.74) is 1.23. The van der Waals surface area contributed by atoms with Gasteiger partial charge in [-0.2, -0.15) is 0 Å². The zero-order valence-electron chi connectivity index (χ0n) is 20.7. The van der Waals surface area contributed by atoms with Crippen LogP contribution in [0.1, 0.15) is 53.1 Å². The summed E-state index contributed by atoms with van der Waals surface area (Å²) in [5, 5.41) is 6.95. The van der Waals surface area contributed by atoms with E-state index in [0.717, 1.165) is 44.5 Å². The maximum absolute atomic E-state index is 5.80. The summed E-state index contributed by atoms with van der Waals surface area (Å²) in [6, 6.07) is 8.56. The van der Waals surface area contributed by atoms with Gasteiger partial charge in [-0.05, 0) is 49.9 Å². The van der Waals surface area contributed by atoms with Crippen LogP contribution in [0.5, 0.6) is 5.75 Å². The Kier molecular flexibility index (Phi) is 11.2. The highest BCUT2D eigenvalue weighted by atomic mass is 16.5. The molecule has 1 aliphatic rings. The average molecular weight is 432 g/mol. The number of nitrogens with zero attached hydrogens (tertiary/aromatic N) is 3. The Bertz CT molecular complexity index is 638. The predicted octanol–water partition coefficient (Wildman–Crippen LogP) is 3.61. The quantitative estimate of drug-likeness (QED) is 0.414. The SMILES string of the molecule is CCNC(=NCC(C)CN1CCN(CC)CC1)NC(C)c1ccc(OCC(C)C)cc1. The molecule has 6 heteroatoms. The smallest absolute Gasteiger partial charge is 0.191 e. The monoisotopic (exact) mass is 431 g/mol. The summed E-state index contributed by atoms with van der Waals surface area (Å²) in [6.07, 6.45) is 0. The molecule has 0 spiro atoms. The predicted molar refractivity (Wildman–Crippen MR) is 132 cm³/mol. The van der Waals surface area contributed by atoms with Crippen molar-refractivity contribution in [1.82, 2.24) is 20.4 Å². The summed E-state index contributed by atoms with van der Waals surface area (Å²) in [6.45, 7) is 22.6. The number of hydrogen-bond acceptors (Lipinski definition) is 4. The fraction of sp³-hybridized carbons (Fsp3) is 0.720. The topological polar surface area (TPSA) is 52.1 Å². The van der Waals surface area contributed by atoms with Gasteiger partial charge in [0.2, 0.25) is 0 Å². The Morgan fingerprint density at radius 2 is 1.65 bits per heavy atom. The molecule has 0 radical (unpaired) electrons. The van der Waals surface area contributed by atoms with E-state index < -0.39 is 0 Å². The molecule has 1 saturated heterocycles.